The fourth-order valence-corrected chi connectivity index (χ4v) is 3.82. The van der Waals surface area contributed by atoms with E-state index in [4.69, 9.17) is 9.47 Å². The molecule has 112 valence electrons. The van der Waals surface area contributed by atoms with Gasteiger partial charge in [-0.2, -0.15) is 0 Å². The van der Waals surface area contributed by atoms with Crippen molar-refractivity contribution in [3.8, 4) is 0 Å². The van der Waals surface area contributed by atoms with E-state index in [2.05, 4.69) is 10.3 Å². The molecule has 1 aliphatic heterocycles. The summed E-state index contributed by atoms with van der Waals surface area (Å²) < 4.78 is 34.2. The zero-order valence-corrected chi connectivity index (χ0v) is 12.2. The molecule has 1 atom stereocenters. The van der Waals surface area contributed by atoms with Crippen molar-refractivity contribution in [1.29, 1.82) is 0 Å². The van der Waals surface area contributed by atoms with Crippen molar-refractivity contribution in [2.24, 2.45) is 0 Å². The molecule has 1 fully saturated rings. The maximum Gasteiger partial charge on any atom is 0.360 e. The molecule has 2 rings (SSSR count). The van der Waals surface area contributed by atoms with Crippen LogP contribution in [0.25, 0.3) is 0 Å². The van der Waals surface area contributed by atoms with Crippen LogP contribution in [0.2, 0.25) is 0 Å². The van der Waals surface area contributed by atoms with Gasteiger partial charge >= 0.3 is 5.97 Å². The van der Waals surface area contributed by atoms with E-state index in [1.807, 2.05) is 0 Å². The first-order valence-corrected chi connectivity index (χ1v) is 8.05. The van der Waals surface area contributed by atoms with Gasteiger partial charge in [0.1, 0.15) is 6.61 Å². The van der Waals surface area contributed by atoms with Gasteiger partial charge in [0.2, 0.25) is 0 Å². The van der Waals surface area contributed by atoms with Gasteiger partial charge < -0.3 is 9.47 Å². The van der Waals surface area contributed by atoms with E-state index >= 15 is 0 Å². The van der Waals surface area contributed by atoms with Crippen molar-refractivity contribution in [3.63, 3.8) is 0 Å². The molecule has 9 heteroatoms. The first-order chi connectivity index (χ1) is 9.44. The van der Waals surface area contributed by atoms with Crippen LogP contribution < -0.4 is 0 Å². The predicted octanol–water partition coefficient (Wildman–Crippen LogP) is -0.251. The summed E-state index contributed by atoms with van der Waals surface area (Å²) in [6.45, 7) is 2.12. The molecule has 0 aliphatic carbocycles. The predicted molar refractivity (Wildman–Crippen MR) is 69.2 cm³/mol. The van der Waals surface area contributed by atoms with Crippen molar-refractivity contribution in [2.75, 3.05) is 31.8 Å². The SMILES string of the molecule is COCCOC(=O)c1nnn(C2CCS(=O)(=O)C2)c1C. The lowest BCUT2D eigenvalue weighted by Gasteiger charge is -2.09. The smallest absolute Gasteiger partial charge is 0.360 e. The van der Waals surface area contributed by atoms with Crippen LogP contribution in [0, 0.1) is 6.92 Å². The summed E-state index contributed by atoms with van der Waals surface area (Å²) in [5.74, 6) is -0.397. The van der Waals surface area contributed by atoms with Crippen LogP contribution in [0.4, 0.5) is 0 Å². The van der Waals surface area contributed by atoms with Gasteiger partial charge in [0.05, 0.1) is 29.8 Å². The number of rotatable bonds is 5. The topological polar surface area (TPSA) is 100 Å². The van der Waals surface area contributed by atoms with Crippen LogP contribution in [0.15, 0.2) is 0 Å². The molecular formula is C11H17N3O5S. The summed E-state index contributed by atoms with van der Waals surface area (Å²) >= 11 is 0. The average molecular weight is 303 g/mol. The number of esters is 1. The second-order valence-electron chi connectivity index (χ2n) is 4.65. The molecule has 1 saturated heterocycles. The lowest BCUT2D eigenvalue weighted by molar-refractivity contribution is 0.0380. The third kappa shape index (κ3) is 3.15. The Hall–Kier alpha value is -1.48. The Morgan fingerprint density at radius 2 is 2.20 bits per heavy atom. The molecule has 0 aromatic carbocycles. The molecule has 1 unspecified atom stereocenters. The first-order valence-electron chi connectivity index (χ1n) is 6.23. The number of hydrogen-bond donors (Lipinski definition) is 0. The summed E-state index contributed by atoms with van der Waals surface area (Å²) in [5, 5.41) is 7.67. The summed E-state index contributed by atoms with van der Waals surface area (Å²) in [7, 11) is -1.50. The molecular weight excluding hydrogens is 286 g/mol. The zero-order valence-electron chi connectivity index (χ0n) is 11.4. The molecule has 8 nitrogen and oxygen atoms in total. The van der Waals surface area contributed by atoms with Crippen molar-refractivity contribution >= 4 is 15.8 Å². The highest BCUT2D eigenvalue weighted by Gasteiger charge is 2.32. The van der Waals surface area contributed by atoms with Crippen molar-refractivity contribution in [1.82, 2.24) is 15.0 Å². The summed E-state index contributed by atoms with van der Waals surface area (Å²) in [6.07, 6.45) is 0.491. The molecule has 0 bridgehead atoms. The lowest BCUT2D eigenvalue weighted by Crippen LogP contribution is -2.15. The van der Waals surface area contributed by atoms with E-state index < -0.39 is 15.8 Å². The summed E-state index contributed by atoms with van der Waals surface area (Å²) in [5.41, 5.74) is 0.639. The number of sulfone groups is 1. The monoisotopic (exact) mass is 303 g/mol. The number of methoxy groups -OCH3 is 1. The molecule has 0 radical (unpaired) electrons. The highest BCUT2D eigenvalue weighted by atomic mass is 32.2. The van der Waals surface area contributed by atoms with Gasteiger partial charge in [-0.25, -0.2) is 17.9 Å². The van der Waals surface area contributed by atoms with Crippen LogP contribution in [0.3, 0.4) is 0 Å². The van der Waals surface area contributed by atoms with E-state index in [1.54, 1.807) is 6.92 Å². The van der Waals surface area contributed by atoms with Crippen LogP contribution in [-0.4, -0.2) is 61.2 Å². The summed E-state index contributed by atoms with van der Waals surface area (Å²) in [6, 6.07) is -0.256. The highest BCUT2D eigenvalue weighted by molar-refractivity contribution is 7.91. The Labute approximate surface area is 117 Å². The first kappa shape index (κ1) is 14.9. The average Bonchev–Trinajstić information content (AvgIpc) is 2.92. The van der Waals surface area contributed by atoms with Gasteiger partial charge in [-0.15, -0.1) is 5.10 Å². The molecule has 2 heterocycles. The molecule has 0 saturated carbocycles. The van der Waals surface area contributed by atoms with Gasteiger partial charge in [0, 0.05) is 7.11 Å². The number of aromatic nitrogens is 3. The van der Waals surface area contributed by atoms with Crippen LogP contribution in [-0.2, 0) is 19.3 Å². The molecule has 0 spiro atoms. The number of carbonyl (C=O) groups is 1. The van der Waals surface area contributed by atoms with E-state index in [0.717, 1.165) is 0 Å². The van der Waals surface area contributed by atoms with E-state index in [9.17, 15) is 13.2 Å². The molecule has 0 amide bonds. The standard InChI is InChI=1S/C11H17N3O5S/c1-8-10(11(15)19-5-4-18-2)12-13-14(8)9-3-6-20(16,17)7-9/h9H,3-7H2,1-2H3. The maximum atomic E-state index is 11.8. The molecule has 0 N–H and O–H groups in total. The highest BCUT2D eigenvalue weighted by Crippen LogP contribution is 2.24. The third-order valence-electron chi connectivity index (χ3n) is 3.20. The van der Waals surface area contributed by atoms with Crippen molar-refractivity contribution in [2.45, 2.75) is 19.4 Å². The number of hydrogen-bond acceptors (Lipinski definition) is 7. The third-order valence-corrected chi connectivity index (χ3v) is 4.95. The molecule has 1 aromatic heterocycles. The number of carbonyl (C=O) groups excluding carboxylic acids is 1. The van der Waals surface area contributed by atoms with E-state index in [0.29, 0.717) is 18.7 Å². The Morgan fingerprint density at radius 3 is 2.80 bits per heavy atom. The molecule has 1 aromatic rings. The zero-order chi connectivity index (χ0) is 14.8. The van der Waals surface area contributed by atoms with Gasteiger partial charge in [-0.1, -0.05) is 5.21 Å². The minimum absolute atomic E-state index is 0.0371. The minimum atomic E-state index is -3.01. The van der Waals surface area contributed by atoms with Gasteiger partial charge in [0.25, 0.3) is 0 Å². The second kappa shape index (κ2) is 5.88. The number of ether oxygens (including phenoxy) is 2. The van der Waals surface area contributed by atoms with Crippen LogP contribution in [0.1, 0.15) is 28.6 Å². The molecule has 1 aliphatic rings. The van der Waals surface area contributed by atoms with Gasteiger partial charge in [-0.3, -0.25) is 0 Å². The Balaban J connectivity index is 2.09. The van der Waals surface area contributed by atoms with Crippen molar-refractivity contribution in [3.05, 3.63) is 11.4 Å². The maximum absolute atomic E-state index is 11.8. The van der Waals surface area contributed by atoms with Gasteiger partial charge in [0.15, 0.2) is 15.5 Å². The Bertz CT molecular complexity index is 595. The normalized spacial score (nSPS) is 21.0. The fourth-order valence-electron chi connectivity index (χ4n) is 2.13. The lowest BCUT2D eigenvalue weighted by atomic mass is 10.2. The Morgan fingerprint density at radius 1 is 1.45 bits per heavy atom. The number of nitrogens with zero attached hydrogens (tertiary/aromatic N) is 3. The van der Waals surface area contributed by atoms with E-state index in [-0.39, 0.29) is 29.8 Å². The van der Waals surface area contributed by atoms with Crippen molar-refractivity contribution < 1.29 is 22.7 Å². The largest absolute Gasteiger partial charge is 0.458 e. The minimum Gasteiger partial charge on any atom is -0.458 e. The van der Waals surface area contributed by atoms with Gasteiger partial charge in [-0.05, 0) is 13.3 Å². The molecule has 20 heavy (non-hydrogen) atoms. The quantitative estimate of drug-likeness (QED) is 0.546. The second-order valence-corrected chi connectivity index (χ2v) is 6.88. The van der Waals surface area contributed by atoms with Crippen LogP contribution in [0.5, 0.6) is 0 Å². The van der Waals surface area contributed by atoms with E-state index in [1.165, 1.54) is 11.8 Å². The Kier molecular flexibility index (Phi) is 4.39. The summed E-state index contributed by atoms with van der Waals surface area (Å²) in [4.78, 5) is 11.8. The fraction of sp³-hybridized carbons (Fsp3) is 0.727. The van der Waals surface area contributed by atoms with Crippen LogP contribution >= 0.6 is 0 Å².